The van der Waals surface area contributed by atoms with E-state index in [2.05, 4.69) is 0 Å². The van der Waals surface area contributed by atoms with Crippen molar-refractivity contribution in [3.05, 3.63) is 58.0 Å². The number of carbonyl (C=O) groups excluding carboxylic acids is 1. The Labute approximate surface area is 201 Å². The van der Waals surface area contributed by atoms with Crippen molar-refractivity contribution in [3.8, 4) is 11.5 Å². The highest BCUT2D eigenvalue weighted by Gasteiger charge is 2.32. The predicted molar refractivity (Wildman–Crippen MR) is 128 cm³/mol. The van der Waals surface area contributed by atoms with Crippen LogP contribution in [-0.4, -0.2) is 24.8 Å². The molecule has 0 aliphatic carbocycles. The lowest BCUT2D eigenvalue weighted by Crippen LogP contribution is -2.39. The number of hydrogen-bond acceptors (Lipinski definition) is 5. The number of aryl methyl sites for hydroxylation is 3. The molecule has 0 aliphatic heterocycles. The van der Waals surface area contributed by atoms with Crippen molar-refractivity contribution < 1.29 is 32.2 Å². The van der Waals surface area contributed by atoms with Gasteiger partial charge in [-0.1, -0.05) is 0 Å². The second-order valence-corrected chi connectivity index (χ2v) is 9.71. The van der Waals surface area contributed by atoms with Gasteiger partial charge in [-0.25, -0.2) is 4.79 Å². The van der Waals surface area contributed by atoms with E-state index in [0.717, 1.165) is 39.6 Å². The number of thiophene rings is 1. The van der Waals surface area contributed by atoms with Gasteiger partial charge in [-0.15, -0.1) is 11.3 Å². The largest absolute Gasteiger partial charge is 0.494 e. The van der Waals surface area contributed by atoms with E-state index in [0.29, 0.717) is 23.5 Å². The third-order valence-electron chi connectivity index (χ3n) is 5.46. The van der Waals surface area contributed by atoms with E-state index in [1.165, 1.54) is 17.4 Å². The molecule has 184 valence electrons. The molecule has 0 aliphatic rings. The quantitative estimate of drug-likeness (QED) is 0.232. The highest BCUT2D eigenvalue weighted by Crippen LogP contribution is 2.37. The summed E-state index contributed by atoms with van der Waals surface area (Å²) in [6.07, 6.45) is -2.89. The summed E-state index contributed by atoms with van der Waals surface area (Å²) in [5.41, 5.74) is -0.000806. The van der Waals surface area contributed by atoms with Gasteiger partial charge in [0.2, 0.25) is 0 Å². The molecule has 4 nitrogen and oxygen atoms in total. The molecule has 1 heterocycles. The van der Waals surface area contributed by atoms with E-state index in [1.807, 2.05) is 19.9 Å². The molecule has 8 heteroatoms. The molecule has 2 aromatic carbocycles. The lowest BCUT2D eigenvalue weighted by Gasteiger charge is -2.25. The minimum atomic E-state index is -4.34. The molecule has 0 saturated carbocycles. The van der Waals surface area contributed by atoms with Crippen LogP contribution in [0.15, 0.2) is 36.4 Å². The molecule has 0 saturated heterocycles. The summed E-state index contributed by atoms with van der Waals surface area (Å²) in [5, 5.41) is 0.660. The molecular weight excluding hydrogens is 465 g/mol. The lowest BCUT2D eigenvalue weighted by molar-refractivity contribution is -0.158. The van der Waals surface area contributed by atoms with Gasteiger partial charge in [0.25, 0.3) is 0 Å². The van der Waals surface area contributed by atoms with Crippen LogP contribution in [0, 0.1) is 13.8 Å². The molecule has 3 aromatic rings. The van der Waals surface area contributed by atoms with Crippen LogP contribution in [0.4, 0.5) is 13.2 Å². The maximum Gasteiger partial charge on any atom is 0.416 e. The van der Waals surface area contributed by atoms with Gasteiger partial charge in [-0.05, 0) is 100 Å². The highest BCUT2D eigenvalue weighted by molar-refractivity contribution is 7.19. The van der Waals surface area contributed by atoms with Crippen molar-refractivity contribution in [3.63, 3.8) is 0 Å². The van der Waals surface area contributed by atoms with Crippen LogP contribution in [0.25, 0.3) is 10.1 Å². The number of rotatable bonds is 9. The number of ether oxygens (including phenoxy) is 3. The van der Waals surface area contributed by atoms with Crippen LogP contribution in [-0.2, 0) is 22.1 Å². The lowest BCUT2D eigenvalue weighted by atomic mass is 10.1. The zero-order valence-corrected chi connectivity index (χ0v) is 20.8. The van der Waals surface area contributed by atoms with E-state index in [4.69, 9.17) is 14.2 Å². The normalized spacial score (nSPS) is 12.1. The first kappa shape index (κ1) is 25.9. The number of fused-ring (bicyclic) bond motifs is 1. The van der Waals surface area contributed by atoms with Gasteiger partial charge in [-0.3, -0.25) is 0 Å². The average molecular weight is 495 g/mol. The summed E-state index contributed by atoms with van der Waals surface area (Å²) < 4.78 is 56.7. The molecule has 0 amide bonds. The molecule has 0 atom stereocenters. The maximum atomic E-state index is 13.0. The Morgan fingerprint density at radius 3 is 2.44 bits per heavy atom. The second kappa shape index (κ2) is 10.3. The summed E-state index contributed by atoms with van der Waals surface area (Å²) in [6, 6.07) is 9.31. The third kappa shape index (κ3) is 6.03. The Kier molecular flexibility index (Phi) is 7.81. The zero-order chi connectivity index (χ0) is 25.1. The van der Waals surface area contributed by atoms with Crippen LogP contribution < -0.4 is 9.47 Å². The number of esters is 1. The summed E-state index contributed by atoms with van der Waals surface area (Å²) >= 11 is 1.53. The van der Waals surface area contributed by atoms with Gasteiger partial charge in [0, 0.05) is 9.58 Å². The summed E-state index contributed by atoms with van der Waals surface area (Å²) in [6.45, 7) is 9.57. The predicted octanol–water partition coefficient (Wildman–Crippen LogP) is 7.27. The Morgan fingerprint density at radius 2 is 1.79 bits per heavy atom. The number of carbonyl (C=O) groups is 1. The van der Waals surface area contributed by atoms with Crippen LogP contribution in [0.3, 0.4) is 0 Å². The molecule has 1 aromatic heterocycles. The minimum Gasteiger partial charge on any atom is -0.494 e. The minimum absolute atomic E-state index is 0.285. The average Bonchev–Trinajstić information content (AvgIpc) is 3.07. The summed E-state index contributed by atoms with van der Waals surface area (Å²) in [7, 11) is 0. The SMILES string of the molecule is CCOC(=O)C(C)(C)Oc1ccc(OCCCc2sc3ccc(C(F)(F)F)cc3c2C)cc1C. The first-order valence-corrected chi connectivity index (χ1v) is 11.9. The monoisotopic (exact) mass is 494 g/mol. The number of hydrogen-bond donors (Lipinski definition) is 0. The molecule has 3 rings (SSSR count). The van der Waals surface area contributed by atoms with E-state index in [1.54, 1.807) is 39.0 Å². The van der Waals surface area contributed by atoms with Crippen LogP contribution in [0.5, 0.6) is 11.5 Å². The van der Waals surface area contributed by atoms with Gasteiger partial charge in [0.15, 0.2) is 5.60 Å². The van der Waals surface area contributed by atoms with Crippen molar-refractivity contribution in [2.45, 2.75) is 59.2 Å². The topological polar surface area (TPSA) is 44.8 Å². The maximum absolute atomic E-state index is 13.0. The van der Waals surface area contributed by atoms with E-state index in [-0.39, 0.29) is 6.61 Å². The zero-order valence-electron chi connectivity index (χ0n) is 20.0. The molecule has 0 N–H and O–H groups in total. The van der Waals surface area contributed by atoms with Crippen molar-refractivity contribution in [1.82, 2.24) is 0 Å². The molecular formula is C26H29F3O4S. The van der Waals surface area contributed by atoms with Crippen LogP contribution in [0.1, 0.15) is 48.8 Å². The fraction of sp³-hybridized carbons (Fsp3) is 0.423. The summed E-state index contributed by atoms with van der Waals surface area (Å²) in [5.74, 6) is 0.826. The Hall–Kier alpha value is -2.74. The Bertz CT molecular complexity index is 1160. The fourth-order valence-electron chi connectivity index (χ4n) is 3.56. The van der Waals surface area contributed by atoms with Gasteiger partial charge in [0.1, 0.15) is 11.5 Å². The molecule has 34 heavy (non-hydrogen) atoms. The van der Waals surface area contributed by atoms with Gasteiger partial charge in [0.05, 0.1) is 18.8 Å². The van der Waals surface area contributed by atoms with Crippen LogP contribution >= 0.6 is 11.3 Å². The van der Waals surface area contributed by atoms with Crippen molar-refractivity contribution >= 4 is 27.4 Å². The fourth-order valence-corrected chi connectivity index (χ4v) is 4.79. The number of alkyl halides is 3. The van der Waals surface area contributed by atoms with Gasteiger partial charge < -0.3 is 14.2 Å². The number of benzene rings is 2. The molecule has 0 radical (unpaired) electrons. The standard InChI is InChI=1S/C26H29F3O4S/c1-6-31-24(30)25(4,5)33-21-11-10-19(14-16(21)2)32-13-7-8-22-17(3)20-15-18(26(27,28)29)9-12-23(20)34-22/h9-12,14-15H,6-8,13H2,1-5H3. The van der Waals surface area contributed by atoms with Crippen molar-refractivity contribution in [1.29, 1.82) is 0 Å². The Morgan fingerprint density at radius 1 is 1.06 bits per heavy atom. The Balaban J connectivity index is 1.58. The third-order valence-corrected chi connectivity index (χ3v) is 6.79. The van der Waals surface area contributed by atoms with Crippen LogP contribution in [0.2, 0.25) is 0 Å². The molecule has 0 spiro atoms. The smallest absolute Gasteiger partial charge is 0.416 e. The summed E-state index contributed by atoms with van der Waals surface area (Å²) in [4.78, 5) is 13.1. The highest BCUT2D eigenvalue weighted by atomic mass is 32.1. The first-order valence-electron chi connectivity index (χ1n) is 11.1. The molecule has 0 fully saturated rings. The van der Waals surface area contributed by atoms with Gasteiger partial charge in [-0.2, -0.15) is 13.2 Å². The molecule has 0 bridgehead atoms. The van der Waals surface area contributed by atoms with E-state index >= 15 is 0 Å². The van der Waals surface area contributed by atoms with Crippen molar-refractivity contribution in [2.24, 2.45) is 0 Å². The number of halogens is 3. The van der Waals surface area contributed by atoms with E-state index in [9.17, 15) is 18.0 Å². The first-order chi connectivity index (χ1) is 15.9. The van der Waals surface area contributed by atoms with Crippen molar-refractivity contribution in [2.75, 3.05) is 13.2 Å². The van der Waals surface area contributed by atoms with E-state index < -0.39 is 23.3 Å². The van der Waals surface area contributed by atoms with Gasteiger partial charge >= 0.3 is 12.1 Å². The second-order valence-electron chi connectivity index (χ2n) is 8.57. The molecule has 0 unspecified atom stereocenters.